The number of rotatable bonds is 0. The summed E-state index contributed by atoms with van der Waals surface area (Å²) < 4.78 is 31.9. The van der Waals surface area contributed by atoms with Gasteiger partial charge in [-0.2, -0.15) is 0 Å². The van der Waals surface area contributed by atoms with E-state index >= 15 is 0 Å². The van der Waals surface area contributed by atoms with Crippen molar-refractivity contribution in [1.82, 2.24) is 5.32 Å². The highest BCUT2D eigenvalue weighted by Crippen LogP contribution is 2.46. The second kappa shape index (κ2) is 3.29. The molecule has 1 N–H and O–H groups in total. The molecule has 1 aliphatic heterocycles. The van der Waals surface area contributed by atoms with Gasteiger partial charge < -0.3 is 9.73 Å². The van der Waals surface area contributed by atoms with Crippen LogP contribution in [-0.2, 0) is 12.0 Å². The molecule has 0 unspecified atom stereocenters. The Morgan fingerprint density at radius 1 is 1.19 bits per heavy atom. The molecule has 1 aromatic heterocycles. The van der Waals surface area contributed by atoms with E-state index < -0.39 is 5.92 Å². The summed E-state index contributed by atoms with van der Waals surface area (Å²) in [6.45, 7) is 0.859. The molecule has 2 heterocycles. The van der Waals surface area contributed by atoms with Crippen molar-refractivity contribution in [3.8, 4) is 0 Å². The van der Waals surface area contributed by atoms with Gasteiger partial charge in [-0.15, -0.1) is 0 Å². The SMILES string of the molecule is FC1(F)CCC2(CC1)NCCc1ccoc12. The van der Waals surface area contributed by atoms with Crippen LogP contribution in [0.3, 0.4) is 0 Å². The Bertz CT molecular complexity index is 389. The summed E-state index contributed by atoms with van der Waals surface area (Å²) in [5.74, 6) is -1.59. The van der Waals surface area contributed by atoms with Crippen molar-refractivity contribution in [3.05, 3.63) is 23.7 Å². The summed E-state index contributed by atoms with van der Waals surface area (Å²) in [5.41, 5.74) is 0.864. The van der Waals surface area contributed by atoms with Crippen LogP contribution < -0.4 is 5.32 Å². The fourth-order valence-electron chi connectivity index (χ4n) is 2.92. The van der Waals surface area contributed by atoms with Gasteiger partial charge in [0.1, 0.15) is 5.76 Å². The Morgan fingerprint density at radius 2 is 1.94 bits per heavy atom. The molecule has 4 heteroatoms. The van der Waals surface area contributed by atoms with E-state index in [9.17, 15) is 8.78 Å². The van der Waals surface area contributed by atoms with Crippen molar-refractivity contribution in [2.24, 2.45) is 0 Å². The van der Waals surface area contributed by atoms with Crippen molar-refractivity contribution in [2.75, 3.05) is 6.54 Å². The van der Waals surface area contributed by atoms with Gasteiger partial charge in [-0.05, 0) is 30.9 Å². The van der Waals surface area contributed by atoms with Gasteiger partial charge in [0.15, 0.2) is 0 Å². The van der Waals surface area contributed by atoms with Crippen LogP contribution in [0.4, 0.5) is 8.78 Å². The molecule has 2 nitrogen and oxygen atoms in total. The smallest absolute Gasteiger partial charge is 0.248 e. The maximum Gasteiger partial charge on any atom is 0.248 e. The first-order chi connectivity index (χ1) is 7.61. The van der Waals surface area contributed by atoms with E-state index in [-0.39, 0.29) is 18.4 Å². The molecule has 1 aliphatic carbocycles. The van der Waals surface area contributed by atoms with Crippen LogP contribution in [0.15, 0.2) is 16.7 Å². The summed E-state index contributed by atoms with van der Waals surface area (Å²) >= 11 is 0. The van der Waals surface area contributed by atoms with Crippen molar-refractivity contribution in [3.63, 3.8) is 0 Å². The van der Waals surface area contributed by atoms with Gasteiger partial charge in [-0.1, -0.05) is 0 Å². The Hall–Kier alpha value is -0.900. The average Bonchev–Trinajstić information content (AvgIpc) is 2.72. The minimum absolute atomic E-state index is 0.0415. The standard InChI is InChI=1S/C12H15F2NO/c13-12(14)5-3-11(4-6-12)10-9(1-7-15-11)2-8-16-10/h2,8,15H,1,3-7H2. The molecule has 0 amide bonds. The molecule has 0 atom stereocenters. The van der Waals surface area contributed by atoms with Crippen molar-refractivity contribution < 1.29 is 13.2 Å². The lowest BCUT2D eigenvalue weighted by atomic mass is 9.75. The number of hydrogen-bond donors (Lipinski definition) is 1. The molecule has 0 aromatic carbocycles. The predicted octanol–water partition coefficient (Wildman–Crippen LogP) is 2.83. The van der Waals surface area contributed by atoms with Crippen LogP contribution in [0.25, 0.3) is 0 Å². The highest BCUT2D eigenvalue weighted by atomic mass is 19.3. The summed E-state index contributed by atoms with van der Waals surface area (Å²) in [4.78, 5) is 0. The Labute approximate surface area is 93.0 Å². The van der Waals surface area contributed by atoms with Crippen LogP contribution in [0.2, 0.25) is 0 Å². The highest BCUT2D eigenvalue weighted by molar-refractivity contribution is 5.29. The quantitative estimate of drug-likeness (QED) is 0.737. The molecule has 1 aromatic rings. The van der Waals surface area contributed by atoms with E-state index in [1.807, 2.05) is 6.07 Å². The maximum absolute atomic E-state index is 13.2. The second-order valence-corrected chi connectivity index (χ2v) is 4.89. The van der Waals surface area contributed by atoms with Gasteiger partial charge >= 0.3 is 0 Å². The van der Waals surface area contributed by atoms with E-state index in [4.69, 9.17) is 4.42 Å². The Morgan fingerprint density at radius 3 is 2.69 bits per heavy atom. The lowest BCUT2D eigenvalue weighted by molar-refractivity contribution is -0.0611. The second-order valence-electron chi connectivity index (χ2n) is 4.89. The lowest BCUT2D eigenvalue weighted by Crippen LogP contribution is -2.50. The molecule has 1 fully saturated rings. The normalized spacial score (nSPS) is 26.6. The number of halogens is 2. The summed E-state index contributed by atoms with van der Waals surface area (Å²) in [6.07, 6.45) is 3.47. The molecule has 3 rings (SSSR count). The number of fused-ring (bicyclic) bond motifs is 2. The number of alkyl halides is 2. The molecule has 1 spiro atoms. The first-order valence-electron chi connectivity index (χ1n) is 5.81. The molecule has 1 saturated carbocycles. The van der Waals surface area contributed by atoms with Gasteiger partial charge in [-0.3, -0.25) is 0 Å². The van der Waals surface area contributed by atoms with Crippen molar-refractivity contribution in [2.45, 2.75) is 43.6 Å². The Balaban J connectivity index is 1.92. The fraction of sp³-hybridized carbons (Fsp3) is 0.667. The number of furan rings is 1. The molecule has 0 saturated heterocycles. The van der Waals surface area contributed by atoms with Crippen molar-refractivity contribution in [1.29, 1.82) is 0 Å². The predicted molar refractivity (Wildman–Crippen MR) is 55.5 cm³/mol. The van der Waals surface area contributed by atoms with E-state index in [0.717, 1.165) is 18.7 Å². The monoisotopic (exact) mass is 227 g/mol. The third-order valence-electron chi connectivity index (χ3n) is 3.87. The van der Waals surface area contributed by atoms with Crippen LogP contribution in [0.5, 0.6) is 0 Å². The third kappa shape index (κ3) is 1.47. The molecule has 2 aliphatic rings. The van der Waals surface area contributed by atoms with Crippen LogP contribution in [0, 0.1) is 0 Å². The maximum atomic E-state index is 13.2. The lowest BCUT2D eigenvalue weighted by Gasteiger charge is -2.42. The number of hydrogen-bond acceptors (Lipinski definition) is 2. The molecule has 0 radical (unpaired) electrons. The van der Waals surface area contributed by atoms with Crippen LogP contribution >= 0.6 is 0 Å². The van der Waals surface area contributed by atoms with Gasteiger partial charge in [0.25, 0.3) is 0 Å². The topological polar surface area (TPSA) is 25.2 Å². The molecule has 0 bridgehead atoms. The zero-order valence-corrected chi connectivity index (χ0v) is 9.06. The van der Waals surface area contributed by atoms with Crippen LogP contribution in [0.1, 0.15) is 37.0 Å². The average molecular weight is 227 g/mol. The molecular formula is C12H15F2NO. The molecule has 16 heavy (non-hydrogen) atoms. The summed E-state index contributed by atoms with van der Waals surface area (Å²) in [6, 6.07) is 1.96. The van der Waals surface area contributed by atoms with E-state index in [0.29, 0.717) is 12.8 Å². The van der Waals surface area contributed by atoms with Gasteiger partial charge in [0.05, 0.1) is 11.8 Å². The zero-order valence-electron chi connectivity index (χ0n) is 9.06. The Kier molecular flexibility index (Phi) is 2.11. The minimum atomic E-state index is -2.49. The van der Waals surface area contributed by atoms with Gasteiger partial charge in [-0.25, -0.2) is 8.78 Å². The van der Waals surface area contributed by atoms with E-state index in [1.165, 1.54) is 5.56 Å². The summed E-state index contributed by atoms with van der Waals surface area (Å²) in [5, 5.41) is 3.39. The zero-order chi connectivity index (χ0) is 11.2. The van der Waals surface area contributed by atoms with E-state index in [1.54, 1.807) is 6.26 Å². The highest BCUT2D eigenvalue weighted by Gasteiger charge is 2.47. The largest absolute Gasteiger partial charge is 0.467 e. The van der Waals surface area contributed by atoms with Gasteiger partial charge in [0.2, 0.25) is 5.92 Å². The molecular weight excluding hydrogens is 212 g/mol. The minimum Gasteiger partial charge on any atom is -0.467 e. The first-order valence-corrected chi connectivity index (χ1v) is 5.81. The molecule has 88 valence electrons. The number of nitrogens with one attached hydrogen (secondary N) is 1. The summed E-state index contributed by atoms with van der Waals surface area (Å²) in [7, 11) is 0. The van der Waals surface area contributed by atoms with Crippen LogP contribution in [-0.4, -0.2) is 12.5 Å². The van der Waals surface area contributed by atoms with Crippen molar-refractivity contribution >= 4 is 0 Å². The fourth-order valence-corrected chi connectivity index (χ4v) is 2.92. The first kappa shape index (κ1) is 10.3. The van der Waals surface area contributed by atoms with E-state index in [2.05, 4.69) is 5.32 Å². The van der Waals surface area contributed by atoms with Gasteiger partial charge in [0, 0.05) is 19.4 Å². The third-order valence-corrected chi connectivity index (χ3v) is 3.87.